The molecule has 5 aromatic carbocycles. The van der Waals surface area contributed by atoms with Crippen LogP contribution in [0, 0.1) is 0 Å². The van der Waals surface area contributed by atoms with Gasteiger partial charge in [-0.25, -0.2) is 0 Å². The van der Waals surface area contributed by atoms with Crippen molar-refractivity contribution in [2.45, 2.75) is 25.9 Å². The maximum absolute atomic E-state index is 11.5. The van der Waals surface area contributed by atoms with Crippen molar-refractivity contribution in [3.8, 4) is 11.5 Å². The van der Waals surface area contributed by atoms with Crippen LogP contribution in [0.5, 0.6) is 11.5 Å². The number of esters is 1. The quantitative estimate of drug-likeness (QED) is 0.0608. The van der Waals surface area contributed by atoms with Crippen LogP contribution >= 0.6 is 0 Å². The molecule has 0 aliphatic rings. The van der Waals surface area contributed by atoms with Gasteiger partial charge in [0.1, 0.15) is 11.5 Å². The number of aromatic hydroxyl groups is 2. The van der Waals surface area contributed by atoms with Crippen LogP contribution in [0.4, 0.5) is 0 Å². The molecule has 4 N–H and O–H groups in total. The van der Waals surface area contributed by atoms with Crippen molar-refractivity contribution >= 4 is 17.1 Å². The van der Waals surface area contributed by atoms with Crippen LogP contribution in [-0.4, -0.2) is 36.4 Å². The van der Waals surface area contributed by atoms with Gasteiger partial charge in [-0.05, 0) is 63.6 Å². The molecule has 0 bridgehead atoms. The minimum absolute atomic E-state index is 0.219. The Morgan fingerprint density at radius 2 is 1.04 bits per heavy atom. The summed E-state index contributed by atoms with van der Waals surface area (Å²) in [6.45, 7) is 2.30. The largest absolute Gasteiger partial charge is 0.508 e. The van der Waals surface area contributed by atoms with E-state index >= 15 is 0 Å². The second-order valence-electron chi connectivity index (χ2n) is 11.1. The molecule has 0 atom stereocenters. The van der Waals surface area contributed by atoms with Crippen LogP contribution in [0.25, 0.3) is 11.1 Å². The monoisotopic (exact) mass is 612 g/mol. The van der Waals surface area contributed by atoms with Gasteiger partial charge in [0, 0.05) is 43.7 Å². The average Bonchev–Trinajstić information content (AvgIpc) is 3.10. The maximum atomic E-state index is 11.5. The van der Waals surface area contributed by atoms with Gasteiger partial charge in [0.15, 0.2) is 0 Å². The highest BCUT2D eigenvalue weighted by Crippen LogP contribution is 2.38. The van der Waals surface area contributed by atoms with E-state index in [2.05, 4.69) is 89.5 Å². The van der Waals surface area contributed by atoms with Crippen LogP contribution in [0.1, 0.15) is 45.4 Å². The molecule has 0 fully saturated rings. The van der Waals surface area contributed by atoms with Crippen LogP contribution in [0.3, 0.4) is 0 Å². The number of benzene rings is 5. The zero-order valence-electron chi connectivity index (χ0n) is 26.1. The van der Waals surface area contributed by atoms with Gasteiger partial charge in [-0.15, -0.1) is 0 Å². The van der Waals surface area contributed by atoms with Crippen LogP contribution in [-0.2, 0) is 29.0 Å². The molecule has 0 aromatic heterocycles. The number of phenols is 2. The van der Waals surface area contributed by atoms with Gasteiger partial charge in [0.2, 0.25) is 0 Å². The van der Waals surface area contributed by atoms with E-state index < -0.39 is 0 Å². The van der Waals surface area contributed by atoms with Crippen molar-refractivity contribution in [1.82, 2.24) is 10.6 Å². The van der Waals surface area contributed by atoms with Crippen molar-refractivity contribution < 1.29 is 19.7 Å². The van der Waals surface area contributed by atoms with E-state index in [1.807, 2.05) is 36.4 Å². The topological polar surface area (TPSA) is 90.8 Å². The Morgan fingerprint density at radius 3 is 1.54 bits per heavy atom. The van der Waals surface area contributed by atoms with E-state index in [-0.39, 0.29) is 17.5 Å². The second-order valence-corrected chi connectivity index (χ2v) is 11.1. The lowest BCUT2D eigenvalue weighted by molar-refractivity contribution is -0.140. The Morgan fingerprint density at radius 1 is 0.587 bits per heavy atom. The second kappa shape index (κ2) is 16.2. The van der Waals surface area contributed by atoms with Gasteiger partial charge in [-0.1, -0.05) is 109 Å². The minimum Gasteiger partial charge on any atom is -0.508 e. The molecule has 46 heavy (non-hydrogen) atoms. The van der Waals surface area contributed by atoms with Crippen molar-refractivity contribution in [2.75, 3.05) is 20.2 Å². The van der Waals surface area contributed by atoms with Gasteiger partial charge < -0.3 is 25.6 Å². The summed E-state index contributed by atoms with van der Waals surface area (Å²) < 4.78 is 4.73. The molecule has 0 saturated heterocycles. The molecule has 6 heteroatoms. The number of phenolic OH excluding ortho intramolecular Hbond substituents is 2. The molecule has 5 aromatic rings. The first-order chi connectivity index (χ1) is 22.5. The standard InChI is InChI=1S/C40H40N2O4/c1-46-38(45)22-18-29-17-20-36(43)34(25-29)27-41-23-24-42-28-35-26-33(19-21-37(35)44)40(32-15-9-4-10-16-32)39(30-11-5-2-6-12-30)31-13-7-3-8-14-31/h2-17,19-21,25-26,41-44H,18,22-24,27-28H2,1H3. The highest BCUT2D eigenvalue weighted by atomic mass is 16.5. The number of carbonyl (C=O) groups is 1. The van der Waals surface area contributed by atoms with E-state index in [4.69, 9.17) is 4.74 Å². The first-order valence-electron chi connectivity index (χ1n) is 15.6. The van der Waals surface area contributed by atoms with Crippen molar-refractivity contribution in [3.05, 3.63) is 166 Å². The number of hydrogen-bond donors (Lipinski definition) is 4. The Balaban J connectivity index is 1.31. The zero-order chi connectivity index (χ0) is 32.1. The maximum Gasteiger partial charge on any atom is 0.305 e. The zero-order valence-corrected chi connectivity index (χ0v) is 26.1. The van der Waals surface area contributed by atoms with Crippen LogP contribution in [0.15, 0.2) is 127 Å². The van der Waals surface area contributed by atoms with E-state index in [1.165, 1.54) is 7.11 Å². The summed E-state index contributed by atoms with van der Waals surface area (Å²) in [5.74, 6) is 0.207. The highest BCUT2D eigenvalue weighted by Gasteiger charge is 2.17. The number of hydrogen-bond acceptors (Lipinski definition) is 6. The summed E-state index contributed by atoms with van der Waals surface area (Å²) in [5.41, 5.74) is 9.12. The molecular formula is C40H40N2O4. The SMILES string of the molecule is COC(=O)CCc1ccc(O)c(CNCCNCc2cc(C(=C(c3ccccc3)c3ccccc3)c3ccccc3)ccc2O)c1. The first-order valence-corrected chi connectivity index (χ1v) is 15.6. The summed E-state index contributed by atoms with van der Waals surface area (Å²) in [6.07, 6.45) is 0.859. The smallest absolute Gasteiger partial charge is 0.305 e. The molecule has 5 rings (SSSR count). The fourth-order valence-corrected chi connectivity index (χ4v) is 5.52. The van der Waals surface area contributed by atoms with Gasteiger partial charge in [-0.3, -0.25) is 4.79 Å². The molecule has 0 saturated carbocycles. The summed E-state index contributed by atoms with van der Waals surface area (Å²) in [4.78, 5) is 11.5. The number of methoxy groups -OCH3 is 1. The van der Waals surface area contributed by atoms with Gasteiger partial charge >= 0.3 is 5.97 Å². The third-order valence-corrected chi connectivity index (χ3v) is 7.90. The number of rotatable bonds is 14. The fraction of sp³-hybridized carbons (Fsp3) is 0.175. The summed E-state index contributed by atoms with van der Waals surface area (Å²) >= 11 is 0. The van der Waals surface area contributed by atoms with Crippen molar-refractivity contribution in [2.24, 2.45) is 0 Å². The van der Waals surface area contributed by atoms with E-state index in [0.717, 1.165) is 50.1 Å². The average molecular weight is 613 g/mol. The third-order valence-electron chi connectivity index (χ3n) is 7.90. The normalized spacial score (nSPS) is 10.8. The molecule has 234 valence electrons. The van der Waals surface area contributed by atoms with E-state index in [0.29, 0.717) is 39.0 Å². The minimum atomic E-state index is -0.254. The molecule has 0 radical (unpaired) electrons. The highest BCUT2D eigenvalue weighted by molar-refractivity contribution is 6.04. The lowest BCUT2D eigenvalue weighted by Gasteiger charge is -2.19. The summed E-state index contributed by atoms with van der Waals surface area (Å²) in [5, 5.41) is 27.9. The van der Waals surface area contributed by atoms with Crippen LogP contribution in [0.2, 0.25) is 0 Å². The van der Waals surface area contributed by atoms with E-state index in [1.54, 1.807) is 12.1 Å². The van der Waals surface area contributed by atoms with Crippen LogP contribution < -0.4 is 10.6 Å². The molecule has 0 amide bonds. The molecule has 0 aliphatic carbocycles. The lowest BCUT2D eigenvalue weighted by atomic mass is 9.85. The Kier molecular flexibility index (Phi) is 11.4. The predicted molar refractivity (Wildman–Crippen MR) is 184 cm³/mol. The first kappa shape index (κ1) is 32.2. The molecule has 0 unspecified atom stereocenters. The number of carbonyl (C=O) groups excluding carboxylic acids is 1. The third kappa shape index (κ3) is 8.51. The molecule has 0 aliphatic heterocycles. The predicted octanol–water partition coefficient (Wildman–Crippen LogP) is 7.09. The molecule has 6 nitrogen and oxygen atoms in total. The van der Waals surface area contributed by atoms with E-state index in [9.17, 15) is 15.0 Å². The Hall–Kier alpha value is -5.17. The fourth-order valence-electron chi connectivity index (χ4n) is 5.52. The molecule has 0 spiro atoms. The van der Waals surface area contributed by atoms with Gasteiger partial charge in [-0.2, -0.15) is 0 Å². The van der Waals surface area contributed by atoms with Gasteiger partial charge in [0.05, 0.1) is 7.11 Å². The number of ether oxygens (including phenoxy) is 1. The Labute approximate surface area is 271 Å². The molecular weight excluding hydrogens is 572 g/mol. The summed E-state index contributed by atoms with van der Waals surface area (Å²) in [7, 11) is 1.38. The summed E-state index contributed by atoms with van der Waals surface area (Å²) in [6, 6.07) is 42.5. The van der Waals surface area contributed by atoms with Gasteiger partial charge in [0.25, 0.3) is 0 Å². The molecule has 0 heterocycles. The number of aryl methyl sites for hydroxylation is 1. The Bertz CT molecular complexity index is 1710. The van der Waals surface area contributed by atoms with Crippen molar-refractivity contribution in [1.29, 1.82) is 0 Å². The lowest BCUT2D eigenvalue weighted by Crippen LogP contribution is -2.26. The van der Waals surface area contributed by atoms with Crippen molar-refractivity contribution in [3.63, 3.8) is 0 Å². The number of nitrogens with one attached hydrogen (secondary N) is 2.